The molecule has 0 bridgehead atoms. The molecule has 202 valence electrons. The predicted octanol–water partition coefficient (Wildman–Crippen LogP) is 3.28. The van der Waals surface area contributed by atoms with Crippen molar-refractivity contribution in [3.05, 3.63) is 81.9 Å². The molecule has 1 aliphatic heterocycles. The smallest absolute Gasteiger partial charge is 0.475 e. The van der Waals surface area contributed by atoms with Crippen molar-refractivity contribution >= 4 is 11.9 Å². The molecule has 0 fully saturated rings. The van der Waals surface area contributed by atoms with E-state index in [2.05, 4.69) is 63.5 Å². The van der Waals surface area contributed by atoms with Crippen LogP contribution in [0.2, 0.25) is 0 Å². The van der Waals surface area contributed by atoms with Crippen molar-refractivity contribution in [2.24, 2.45) is 5.92 Å². The Bertz CT molecular complexity index is 1310. The molecule has 0 spiro atoms. The molecule has 4 rings (SSSR count). The number of amides is 1. The minimum Gasteiger partial charge on any atom is -0.475 e. The summed E-state index contributed by atoms with van der Waals surface area (Å²) in [4.78, 5) is 40.4. The van der Waals surface area contributed by atoms with Crippen LogP contribution >= 0.6 is 0 Å². The maximum atomic E-state index is 12.9. The van der Waals surface area contributed by atoms with E-state index in [1.165, 1.54) is 17.2 Å². The molecule has 12 heteroatoms. The van der Waals surface area contributed by atoms with Crippen LogP contribution in [0.5, 0.6) is 0 Å². The molecule has 0 saturated heterocycles. The number of hydrogen-bond acceptors (Lipinski definition) is 6. The van der Waals surface area contributed by atoms with E-state index in [1.54, 1.807) is 24.5 Å². The number of aromatic amines is 1. The first-order valence-corrected chi connectivity index (χ1v) is 11.9. The van der Waals surface area contributed by atoms with E-state index < -0.39 is 17.7 Å². The van der Waals surface area contributed by atoms with Gasteiger partial charge < -0.3 is 10.4 Å². The molecule has 1 aromatic carbocycles. The highest BCUT2D eigenvalue weighted by atomic mass is 19.4. The van der Waals surface area contributed by atoms with Gasteiger partial charge in [0, 0.05) is 43.6 Å². The minimum atomic E-state index is -5.08. The van der Waals surface area contributed by atoms with Gasteiger partial charge in [0.15, 0.2) is 0 Å². The second-order valence-corrected chi connectivity index (χ2v) is 9.05. The third kappa shape index (κ3) is 7.48. The summed E-state index contributed by atoms with van der Waals surface area (Å²) in [6.07, 6.45) is -0.787. The number of carboxylic acid groups (broad SMARTS) is 1. The van der Waals surface area contributed by atoms with Crippen molar-refractivity contribution in [1.29, 1.82) is 0 Å². The molecular formula is C26H28F3N5O4. The average Bonchev–Trinajstić information content (AvgIpc) is 2.89. The van der Waals surface area contributed by atoms with E-state index in [1.807, 2.05) is 0 Å². The van der Waals surface area contributed by atoms with Gasteiger partial charge in [-0.2, -0.15) is 18.3 Å². The first kappa shape index (κ1) is 28.5. The number of fused-ring (bicyclic) bond motifs is 1. The van der Waals surface area contributed by atoms with Crippen LogP contribution in [-0.2, 0) is 17.8 Å². The van der Waals surface area contributed by atoms with Gasteiger partial charge in [-0.1, -0.05) is 38.1 Å². The second kappa shape index (κ2) is 12.5. The number of carboxylic acids is 1. The Hall–Kier alpha value is -4.06. The Balaban J connectivity index is 0.000000505. The van der Waals surface area contributed by atoms with Crippen molar-refractivity contribution in [2.45, 2.75) is 39.0 Å². The van der Waals surface area contributed by atoms with Crippen LogP contribution in [0, 0.1) is 5.92 Å². The zero-order chi connectivity index (χ0) is 27.9. The molecule has 3 heterocycles. The lowest BCUT2D eigenvalue weighted by Gasteiger charge is -2.38. The highest BCUT2D eigenvalue weighted by Gasteiger charge is 2.38. The lowest BCUT2D eigenvalue weighted by atomic mass is 9.95. The molecule has 0 radical (unpaired) electrons. The molecule has 1 atom stereocenters. The lowest BCUT2D eigenvalue weighted by molar-refractivity contribution is -0.192. The quantitative estimate of drug-likeness (QED) is 0.445. The van der Waals surface area contributed by atoms with Crippen LogP contribution < -0.4 is 10.9 Å². The van der Waals surface area contributed by atoms with E-state index in [0.717, 1.165) is 25.1 Å². The van der Waals surface area contributed by atoms with E-state index in [9.17, 15) is 22.8 Å². The van der Waals surface area contributed by atoms with Crippen LogP contribution in [-0.4, -0.2) is 62.4 Å². The highest BCUT2D eigenvalue weighted by molar-refractivity contribution is 5.94. The fourth-order valence-corrected chi connectivity index (χ4v) is 4.12. The number of hydrogen-bond donors (Lipinski definition) is 3. The van der Waals surface area contributed by atoms with Gasteiger partial charge in [-0.15, -0.1) is 0 Å². The Morgan fingerprint density at radius 3 is 2.37 bits per heavy atom. The molecule has 1 amide bonds. The normalized spacial score (nSPS) is 14.2. The molecule has 38 heavy (non-hydrogen) atoms. The Labute approximate surface area is 216 Å². The summed E-state index contributed by atoms with van der Waals surface area (Å²) in [7, 11) is 0. The standard InChI is InChI=1S/C24H27N5O2.C2HF3O2/c1-16(2)22(29-12-9-17-5-3-4-6-19(17)15-29)14-26-23(30)20-13-21(27-28-24(20)31)18-7-10-25-11-8-18;3-2(4,5)1(6)7/h3-8,10-11,13,16,22H,9,12,14-15H2,1-2H3,(H,26,30)(H,28,31);(H,6,7). The molecule has 0 aliphatic carbocycles. The number of rotatable bonds is 6. The summed E-state index contributed by atoms with van der Waals surface area (Å²) in [6.45, 7) is 6.63. The number of nitrogens with one attached hydrogen (secondary N) is 2. The van der Waals surface area contributed by atoms with Crippen molar-refractivity contribution in [2.75, 3.05) is 13.1 Å². The molecule has 3 aromatic rings. The number of carbonyl (C=O) groups excluding carboxylic acids is 1. The molecule has 0 saturated carbocycles. The lowest BCUT2D eigenvalue weighted by Crippen LogP contribution is -2.49. The number of aromatic nitrogens is 3. The summed E-state index contributed by atoms with van der Waals surface area (Å²) in [6, 6.07) is 13.8. The molecule has 1 unspecified atom stereocenters. The van der Waals surface area contributed by atoms with Gasteiger partial charge in [0.05, 0.1) is 5.69 Å². The molecular weight excluding hydrogens is 503 g/mol. The highest BCUT2D eigenvalue weighted by Crippen LogP contribution is 2.23. The van der Waals surface area contributed by atoms with Crippen LogP contribution in [0.15, 0.2) is 59.7 Å². The average molecular weight is 532 g/mol. The molecule has 9 nitrogen and oxygen atoms in total. The SMILES string of the molecule is CC(C)C(CNC(=O)c1cc(-c2ccncc2)n[nH]c1=O)N1CCc2ccccc2C1.O=C(O)C(F)(F)F. The second-order valence-electron chi connectivity index (χ2n) is 9.05. The summed E-state index contributed by atoms with van der Waals surface area (Å²) in [5.74, 6) is -2.79. The molecule has 3 N–H and O–H groups in total. The maximum Gasteiger partial charge on any atom is 0.490 e. The topological polar surface area (TPSA) is 128 Å². The number of alkyl halides is 3. The van der Waals surface area contributed by atoms with Gasteiger partial charge in [-0.3, -0.25) is 19.5 Å². The third-order valence-corrected chi connectivity index (χ3v) is 6.14. The number of H-pyrrole nitrogens is 1. The minimum absolute atomic E-state index is 0.0632. The van der Waals surface area contributed by atoms with Crippen molar-refractivity contribution in [3.8, 4) is 11.3 Å². The summed E-state index contributed by atoms with van der Waals surface area (Å²) >= 11 is 0. The van der Waals surface area contributed by atoms with Gasteiger partial charge in [-0.25, -0.2) is 9.89 Å². The zero-order valence-corrected chi connectivity index (χ0v) is 20.8. The number of benzene rings is 1. The molecule has 1 aliphatic rings. The van der Waals surface area contributed by atoms with Crippen LogP contribution in [0.25, 0.3) is 11.3 Å². The maximum absolute atomic E-state index is 12.9. The van der Waals surface area contributed by atoms with Crippen molar-refractivity contribution in [3.63, 3.8) is 0 Å². The van der Waals surface area contributed by atoms with Gasteiger partial charge in [-0.05, 0) is 41.7 Å². The fraction of sp³-hybridized carbons (Fsp3) is 0.346. The monoisotopic (exact) mass is 531 g/mol. The van der Waals surface area contributed by atoms with Gasteiger partial charge in [0.25, 0.3) is 11.5 Å². The summed E-state index contributed by atoms with van der Waals surface area (Å²) in [5.41, 5.74) is 3.62. The van der Waals surface area contributed by atoms with E-state index in [0.29, 0.717) is 18.2 Å². The van der Waals surface area contributed by atoms with Crippen molar-refractivity contribution < 1.29 is 27.9 Å². The van der Waals surface area contributed by atoms with Crippen LogP contribution in [0.4, 0.5) is 13.2 Å². The summed E-state index contributed by atoms with van der Waals surface area (Å²) < 4.78 is 31.7. The first-order chi connectivity index (χ1) is 18.0. The van der Waals surface area contributed by atoms with E-state index in [4.69, 9.17) is 9.90 Å². The largest absolute Gasteiger partial charge is 0.490 e. The van der Waals surface area contributed by atoms with Crippen LogP contribution in [0.1, 0.15) is 35.3 Å². The predicted molar refractivity (Wildman–Crippen MR) is 133 cm³/mol. The Kier molecular flexibility index (Phi) is 9.35. The fourth-order valence-electron chi connectivity index (χ4n) is 4.12. The van der Waals surface area contributed by atoms with E-state index >= 15 is 0 Å². The number of halogens is 3. The van der Waals surface area contributed by atoms with Gasteiger partial charge in [0.2, 0.25) is 0 Å². The first-order valence-electron chi connectivity index (χ1n) is 11.9. The zero-order valence-electron chi connectivity index (χ0n) is 20.8. The van der Waals surface area contributed by atoms with Gasteiger partial charge >= 0.3 is 12.1 Å². The van der Waals surface area contributed by atoms with E-state index in [-0.39, 0.29) is 17.5 Å². The third-order valence-electron chi connectivity index (χ3n) is 6.14. The van der Waals surface area contributed by atoms with Crippen molar-refractivity contribution in [1.82, 2.24) is 25.4 Å². The Morgan fingerprint density at radius 1 is 1.13 bits per heavy atom. The van der Waals surface area contributed by atoms with Gasteiger partial charge in [0.1, 0.15) is 5.56 Å². The number of aliphatic carboxylic acids is 1. The molecule has 2 aromatic heterocycles. The summed E-state index contributed by atoms with van der Waals surface area (Å²) in [5, 5.41) is 16.6. The number of nitrogens with zero attached hydrogens (tertiary/aromatic N) is 3. The Morgan fingerprint density at radius 2 is 1.76 bits per heavy atom. The van der Waals surface area contributed by atoms with Crippen LogP contribution in [0.3, 0.4) is 0 Å². The number of pyridine rings is 1. The number of carbonyl (C=O) groups is 2.